The molecule has 4 heteroatoms. The summed E-state index contributed by atoms with van der Waals surface area (Å²) in [6.45, 7) is 3.95. The highest BCUT2D eigenvalue weighted by atomic mass is 16.3. The summed E-state index contributed by atoms with van der Waals surface area (Å²) in [4.78, 5) is 0. The second kappa shape index (κ2) is 7.07. The Hall–Kier alpha value is -1.47. The molecule has 0 bridgehead atoms. The van der Waals surface area contributed by atoms with Gasteiger partial charge in [0.05, 0.1) is 17.7 Å². The minimum atomic E-state index is -0.465. The topological polar surface area (TPSA) is 75.0 Å². The zero-order chi connectivity index (χ0) is 13.5. The van der Waals surface area contributed by atoms with Gasteiger partial charge in [-0.05, 0) is 19.4 Å². The van der Waals surface area contributed by atoms with E-state index < -0.39 is 6.10 Å². The van der Waals surface area contributed by atoms with Crippen LogP contribution in [0.1, 0.15) is 57.6 Å². The second-order valence-corrected chi connectivity index (χ2v) is 4.79. The number of aliphatic hydroxyl groups excluding tert-OH is 1. The third-order valence-electron chi connectivity index (χ3n) is 3.34. The van der Waals surface area contributed by atoms with Crippen LogP contribution < -0.4 is 5.73 Å². The third kappa shape index (κ3) is 3.51. The number of rotatable bonds is 7. The fraction of sp³-hybridized carbons (Fsp3) is 0.643. The van der Waals surface area contributed by atoms with E-state index in [-0.39, 0.29) is 6.04 Å². The second-order valence-electron chi connectivity index (χ2n) is 4.79. The van der Waals surface area contributed by atoms with E-state index in [1.165, 1.54) is 19.3 Å². The molecule has 0 aliphatic carbocycles. The van der Waals surface area contributed by atoms with E-state index in [1.807, 2.05) is 4.57 Å². The molecule has 0 aliphatic rings. The SMILES string of the molecule is CCCCCC[C@H]([C@H](C)O)n1ccc(C#N)c1N. The first kappa shape index (κ1) is 14.6. The number of aromatic nitrogens is 1. The molecule has 0 fully saturated rings. The number of aliphatic hydroxyl groups is 1. The van der Waals surface area contributed by atoms with Crippen LogP contribution in [0.3, 0.4) is 0 Å². The highest BCUT2D eigenvalue weighted by molar-refractivity contribution is 5.50. The number of nitriles is 1. The molecule has 0 saturated heterocycles. The van der Waals surface area contributed by atoms with Gasteiger partial charge in [-0.15, -0.1) is 0 Å². The van der Waals surface area contributed by atoms with E-state index in [2.05, 4.69) is 13.0 Å². The van der Waals surface area contributed by atoms with Gasteiger partial charge in [0.1, 0.15) is 11.9 Å². The molecule has 0 spiro atoms. The fourth-order valence-corrected chi connectivity index (χ4v) is 2.24. The molecule has 100 valence electrons. The predicted molar refractivity (Wildman–Crippen MR) is 73.0 cm³/mol. The molecule has 0 radical (unpaired) electrons. The van der Waals surface area contributed by atoms with Crippen molar-refractivity contribution in [2.24, 2.45) is 0 Å². The van der Waals surface area contributed by atoms with Crippen LogP contribution in [0.2, 0.25) is 0 Å². The van der Waals surface area contributed by atoms with Crippen molar-refractivity contribution in [2.45, 2.75) is 58.1 Å². The monoisotopic (exact) mass is 249 g/mol. The van der Waals surface area contributed by atoms with Gasteiger partial charge in [0.2, 0.25) is 0 Å². The minimum absolute atomic E-state index is 0.0380. The number of nitrogen functional groups attached to an aromatic ring is 1. The fourth-order valence-electron chi connectivity index (χ4n) is 2.24. The van der Waals surface area contributed by atoms with E-state index in [0.29, 0.717) is 11.4 Å². The Kier molecular flexibility index (Phi) is 5.73. The summed E-state index contributed by atoms with van der Waals surface area (Å²) in [6, 6.07) is 3.73. The first-order chi connectivity index (χ1) is 8.61. The molecular formula is C14H23N3O. The molecule has 1 rings (SSSR count). The number of hydrogen-bond donors (Lipinski definition) is 2. The lowest BCUT2D eigenvalue weighted by molar-refractivity contribution is 0.124. The molecule has 0 aromatic carbocycles. The predicted octanol–water partition coefficient (Wildman–Crippen LogP) is 2.83. The Morgan fingerprint density at radius 3 is 2.67 bits per heavy atom. The lowest BCUT2D eigenvalue weighted by atomic mass is 10.0. The van der Waals surface area contributed by atoms with Gasteiger partial charge < -0.3 is 15.4 Å². The van der Waals surface area contributed by atoms with Crippen LogP contribution in [-0.4, -0.2) is 15.8 Å². The van der Waals surface area contributed by atoms with E-state index in [4.69, 9.17) is 11.0 Å². The maximum Gasteiger partial charge on any atom is 0.121 e. The van der Waals surface area contributed by atoms with Gasteiger partial charge in [-0.25, -0.2) is 0 Å². The molecule has 0 unspecified atom stereocenters. The summed E-state index contributed by atoms with van der Waals surface area (Å²) in [6.07, 6.45) is 6.88. The average molecular weight is 249 g/mol. The molecule has 0 saturated carbocycles. The van der Waals surface area contributed by atoms with Crippen LogP contribution >= 0.6 is 0 Å². The van der Waals surface area contributed by atoms with E-state index in [9.17, 15) is 5.11 Å². The van der Waals surface area contributed by atoms with Crippen LogP contribution in [0.5, 0.6) is 0 Å². The van der Waals surface area contributed by atoms with Gasteiger partial charge in [-0.3, -0.25) is 0 Å². The maximum atomic E-state index is 9.87. The Balaban J connectivity index is 2.72. The van der Waals surface area contributed by atoms with Crippen molar-refractivity contribution in [1.29, 1.82) is 5.26 Å². The molecule has 1 aromatic rings. The molecule has 4 nitrogen and oxygen atoms in total. The van der Waals surface area contributed by atoms with Crippen molar-refractivity contribution in [3.8, 4) is 6.07 Å². The van der Waals surface area contributed by atoms with Crippen molar-refractivity contribution in [3.63, 3.8) is 0 Å². The molecule has 0 amide bonds. The molecule has 3 N–H and O–H groups in total. The molecule has 18 heavy (non-hydrogen) atoms. The summed E-state index contributed by atoms with van der Waals surface area (Å²) >= 11 is 0. The summed E-state index contributed by atoms with van der Waals surface area (Å²) in [5.41, 5.74) is 6.39. The van der Waals surface area contributed by atoms with Crippen molar-refractivity contribution in [1.82, 2.24) is 4.57 Å². The smallest absolute Gasteiger partial charge is 0.121 e. The van der Waals surface area contributed by atoms with Crippen LogP contribution in [0.25, 0.3) is 0 Å². The van der Waals surface area contributed by atoms with Crippen molar-refractivity contribution < 1.29 is 5.11 Å². The van der Waals surface area contributed by atoms with Crippen molar-refractivity contribution in [2.75, 3.05) is 5.73 Å². The van der Waals surface area contributed by atoms with E-state index in [1.54, 1.807) is 19.2 Å². The van der Waals surface area contributed by atoms with Gasteiger partial charge >= 0.3 is 0 Å². The van der Waals surface area contributed by atoms with Gasteiger partial charge in [-0.2, -0.15) is 5.26 Å². The van der Waals surface area contributed by atoms with Crippen LogP contribution in [0, 0.1) is 11.3 Å². The summed E-state index contributed by atoms with van der Waals surface area (Å²) in [5.74, 6) is 0.457. The van der Waals surface area contributed by atoms with Crippen LogP contribution in [0.4, 0.5) is 5.82 Å². The third-order valence-corrected chi connectivity index (χ3v) is 3.34. The van der Waals surface area contributed by atoms with Gasteiger partial charge in [-0.1, -0.05) is 32.6 Å². The lowest BCUT2D eigenvalue weighted by Gasteiger charge is -2.23. The first-order valence-corrected chi connectivity index (χ1v) is 6.66. The Morgan fingerprint density at radius 2 is 2.17 bits per heavy atom. The first-order valence-electron chi connectivity index (χ1n) is 6.66. The number of unbranched alkanes of at least 4 members (excludes halogenated alkanes) is 3. The Bertz CT molecular complexity index is 404. The number of anilines is 1. The van der Waals surface area contributed by atoms with E-state index >= 15 is 0 Å². The summed E-state index contributed by atoms with van der Waals surface area (Å²) in [5, 5.41) is 18.8. The molecule has 0 aliphatic heterocycles. The molecular weight excluding hydrogens is 226 g/mol. The van der Waals surface area contributed by atoms with Crippen molar-refractivity contribution in [3.05, 3.63) is 17.8 Å². The number of hydrogen-bond acceptors (Lipinski definition) is 3. The van der Waals surface area contributed by atoms with Gasteiger partial charge in [0.15, 0.2) is 0 Å². The highest BCUT2D eigenvalue weighted by Crippen LogP contribution is 2.26. The highest BCUT2D eigenvalue weighted by Gasteiger charge is 2.19. The lowest BCUT2D eigenvalue weighted by Crippen LogP contribution is -2.22. The van der Waals surface area contributed by atoms with E-state index in [0.717, 1.165) is 12.8 Å². The minimum Gasteiger partial charge on any atom is -0.391 e. The zero-order valence-corrected chi connectivity index (χ0v) is 11.3. The normalized spacial score (nSPS) is 14.1. The largest absolute Gasteiger partial charge is 0.391 e. The van der Waals surface area contributed by atoms with Crippen molar-refractivity contribution >= 4 is 5.82 Å². The molecule has 1 heterocycles. The maximum absolute atomic E-state index is 9.87. The average Bonchev–Trinajstić information content (AvgIpc) is 2.70. The zero-order valence-electron chi connectivity index (χ0n) is 11.3. The molecule has 1 aromatic heterocycles. The standard InChI is InChI=1S/C14H23N3O/c1-3-4-5-6-7-13(11(2)18)17-9-8-12(10-15)14(17)16/h8-9,11,13,18H,3-7,16H2,1-2H3/t11-,13+/m0/s1. The number of nitrogens with zero attached hydrogens (tertiary/aromatic N) is 2. The van der Waals surface area contributed by atoms with Gasteiger partial charge in [0, 0.05) is 6.20 Å². The Labute approximate surface area is 109 Å². The van der Waals surface area contributed by atoms with Crippen LogP contribution in [-0.2, 0) is 0 Å². The van der Waals surface area contributed by atoms with Gasteiger partial charge in [0.25, 0.3) is 0 Å². The quantitative estimate of drug-likeness (QED) is 0.730. The summed E-state index contributed by atoms with van der Waals surface area (Å²) in [7, 11) is 0. The molecule has 2 atom stereocenters. The van der Waals surface area contributed by atoms with Crippen LogP contribution in [0.15, 0.2) is 12.3 Å². The number of nitrogens with two attached hydrogens (primary N) is 1. The summed E-state index contributed by atoms with van der Waals surface area (Å²) < 4.78 is 1.83. The Morgan fingerprint density at radius 1 is 1.44 bits per heavy atom.